The molecule has 88 valence electrons. The maximum absolute atomic E-state index is 5.73. The van der Waals surface area contributed by atoms with Crippen LogP contribution in [-0.4, -0.2) is 11.6 Å². The van der Waals surface area contributed by atoms with E-state index < -0.39 is 0 Å². The van der Waals surface area contributed by atoms with Gasteiger partial charge in [0, 0.05) is 11.6 Å². The van der Waals surface area contributed by atoms with Crippen LogP contribution in [0.1, 0.15) is 45.4 Å². The number of aromatic nitrogens is 1. The Morgan fingerprint density at radius 3 is 2.56 bits per heavy atom. The summed E-state index contributed by atoms with van der Waals surface area (Å²) in [6.07, 6.45) is 7.88. The van der Waals surface area contributed by atoms with Gasteiger partial charge in [-0.1, -0.05) is 39.0 Å². The predicted octanol–water partition coefficient (Wildman–Crippen LogP) is 4.35. The van der Waals surface area contributed by atoms with Gasteiger partial charge in [-0.25, -0.2) is 0 Å². The highest BCUT2D eigenvalue weighted by Gasteiger charge is 2.04. The zero-order valence-corrected chi connectivity index (χ0v) is 10.1. The third-order valence-corrected chi connectivity index (χ3v) is 3.02. The van der Waals surface area contributed by atoms with Crippen LogP contribution in [0.5, 0.6) is 5.75 Å². The van der Waals surface area contributed by atoms with Crippen LogP contribution in [0.2, 0.25) is 0 Å². The second kappa shape index (κ2) is 5.78. The second-order valence-corrected chi connectivity index (χ2v) is 4.45. The molecule has 0 aliphatic carbocycles. The minimum atomic E-state index is 0.851. The van der Waals surface area contributed by atoms with Crippen molar-refractivity contribution in [2.24, 2.45) is 0 Å². The molecule has 0 fully saturated rings. The molecule has 2 heterocycles. The summed E-state index contributed by atoms with van der Waals surface area (Å²) in [4.78, 5) is 3.25. The molecule has 0 aliphatic rings. The molecule has 16 heavy (non-hydrogen) atoms. The van der Waals surface area contributed by atoms with E-state index in [-0.39, 0.29) is 0 Å². The number of hydrogen-bond acceptors (Lipinski definition) is 1. The zero-order chi connectivity index (χ0) is 11.2. The molecule has 2 nitrogen and oxygen atoms in total. The Morgan fingerprint density at radius 1 is 1.06 bits per heavy atom. The lowest BCUT2D eigenvalue weighted by Crippen LogP contribution is -1.96. The molecule has 2 bridgehead atoms. The molecule has 0 amide bonds. The van der Waals surface area contributed by atoms with E-state index in [9.17, 15) is 0 Å². The van der Waals surface area contributed by atoms with Gasteiger partial charge in [0.05, 0.1) is 12.1 Å². The van der Waals surface area contributed by atoms with Crippen molar-refractivity contribution in [3.63, 3.8) is 0 Å². The first-order chi connectivity index (χ1) is 7.90. The molecule has 0 spiro atoms. The van der Waals surface area contributed by atoms with E-state index in [0.29, 0.717) is 0 Å². The Hall–Kier alpha value is -1.18. The quantitative estimate of drug-likeness (QED) is 0.656. The van der Waals surface area contributed by atoms with Gasteiger partial charge in [0.15, 0.2) is 0 Å². The fourth-order valence-electron chi connectivity index (χ4n) is 2.04. The van der Waals surface area contributed by atoms with Crippen LogP contribution < -0.4 is 4.74 Å². The highest BCUT2D eigenvalue weighted by atomic mass is 16.5. The highest BCUT2D eigenvalue weighted by Crippen LogP contribution is 2.25. The van der Waals surface area contributed by atoms with Gasteiger partial charge in [0.1, 0.15) is 5.75 Å². The number of hydrogen-bond donors (Lipinski definition) is 1. The molecule has 2 aromatic heterocycles. The summed E-state index contributed by atoms with van der Waals surface area (Å²) in [7, 11) is 0. The van der Waals surface area contributed by atoms with Crippen molar-refractivity contribution in [2.75, 3.05) is 6.61 Å². The third kappa shape index (κ3) is 2.91. The molecule has 0 aromatic carbocycles. The number of aromatic amines is 1. The Labute approximate surface area is 97.3 Å². The van der Waals surface area contributed by atoms with Gasteiger partial charge in [-0.15, -0.1) is 0 Å². The van der Waals surface area contributed by atoms with E-state index in [1.54, 1.807) is 0 Å². The van der Waals surface area contributed by atoms with Crippen molar-refractivity contribution in [1.29, 1.82) is 0 Å². The third-order valence-electron chi connectivity index (χ3n) is 3.02. The molecule has 2 heteroatoms. The molecule has 0 saturated heterocycles. The Balaban J connectivity index is 1.56. The molecule has 1 N–H and O–H groups in total. The van der Waals surface area contributed by atoms with Crippen LogP contribution in [-0.2, 0) is 0 Å². The number of unbranched alkanes of at least 4 members (excludes halogenated alkanes) is 5. The molecule has 2 aromatic rings. The molecule has 0 unspecified atom stereocenters. The van der Waals surface area contributed by atoms with Crippen molar-refractivity contribution in [2.45, 2.75) is 45.4 Å². The van der Waals surface area contributed by atoms with Crippen molar-refractivity contribution in [3.05, 3.63) is 18.2 Å². The van der Waals surface area contributed by atoms with Gasteiger partial charge in [-0.05, 0) is 18.6 Å². The normalized spacial score (nSPS) is 11.3. The summed E-state index contributed by atoms with van der Waals surface area (Å²) in [5, 5.41) is 0. The van der Waals surface area contributed by atoms with E-state index in [1.165, 1.54) is 38.5 Å². The van der Waals surface area contributed by atoms with Crippen LogP contribution in [0.4, 0.5) is 0 Å². The molecular formula is C14H21NO. The van der Waals surface area contributed by atoms with Crippen molar-refractivity contribution >= 4 is 11.0 Å². The van der Waals surface area contributed by atoms with Gasteiger partial charge in [0.2, 0.25) is 0 Å². The minimum absolute atomic E-state index is 0.851. The lowest BCUT2D eigenvalue weighted by molar-refractivity contribution is 0.308. The summed E-state index contributed by atoms with van der Waals surface area (Å²) in [5.74, 6) is 1.02. The lowest BCUT2D eigenvalue weighted by Gasteiger charge is -2.04. The minimum Gasteiger partial charge on any atom is -0.491 e. The SMILES string of the molecule is CCCCCCCCOc1cc2ccc1[nH]2. The van der Waals surface area contributed by atoms with Crippen LogP contribution in [0.3, 0.4) is 0 Å². The van der Waals surface area contributed by atoms with Gasteiger partial charge < -0.3 is 9.72 Å². The van der Waals surface area contributed by atoms with Gasteiger partial charge in [-0.3, -0.25) is 0 Å². The smallest absolute Gasteiger partial charge is 0.144 e. The number of rotatable bonds is 8. The summed E-state index contributed by atoms with van der Waals surface area (Å²) in [6, 6.07) is 6.23. The van der Waals surface area contributed by atoms with Crippen LogP contribution in [0, 0.1) is 0 Å². The van der Waals surface area contributed by atoms with Crippen molar-refractivity contribution in [1.82, 2.24) is 4.98 Å². The average Bonchev–Trinajstić information content (AvgIpc) is 2.90. The average molecular weight is 219 g/mol. The van der Waals surface area contributed by atoms with E-state index >= 15 is 0 Å². The molecule has 2 rings (SSSR count). The lowest BCUT2D eigenvalue weighted by atomic mass is 10.1. The van der Waals surface area contributed by atoms with Crippen molar-refractivity contribution in [3.8, 4) is 5.75 Å². The highest BCUT2D eigenvalue weighted by molar-refractivity contribution is 5.74. The first-order valence-electron chi connectivity index (χ1n) is 6.44. The van der Waals surface area contributed by atoms with Crippen molar-refractivity contribution < 1.29 is 4.74 Å². The Bertz CT molecular complexity index is 393. The van der Waals surface area contributed by atoms with Crippen LogP contribution in [0.15, 0.2) is 18.2 Å². The van der Waals surface area contributed by atoms with Crippen LogP contribution >= 0.6 is 0 Å². The number of H-pyrrole nitrogens is 1. The standard InChI is InChI=1S/C14H21NO/c1-2-3-4-5-6-7-10-16-14-11-12-8-9-13(14)15-12/h8-9,11,15H,2-7,10H2,1H3. The number of nitrogens with one attached hydrogen (secondary N) is 1. The summed E-state index contributed by atoms with van der Waals surface area (Å²) in [5.41, 5.74) is 2.29. The Morgan fingerprint density at radius 2 is 1.88 bits per heavy atom. The Kier molecular flexibility index (Phi) is 4.09. The summed E-state index contributed by atoms with van der Waals surface area (Å²) in [6.45, 7) is 3.10. The van der Waals surface area contributed by atoms with E-state index in [1.807, 2.05) is 0 Å². The summed E-state index contributed by atoms with van der Waals surface area (Å²) >= 11 is 0. The molecule has 0 aliphatic heterocycles. The van der Waals surface area contributed by atoms with E-state index in [2.05, 4.69) is 30.1 Å². The number of ether oxygens (including phenoxy) is 1. The first kappa shape index (κ1) is 11.3. The molecule has 0 saturated carbocycles. The maximum atomic E-state index is 5.73. The zero-order valence-electron chi connectivity index (χ0n) is 10.1. The maximum Gasteiger partial charge on any atom is 0.144 e. The van der Waals surface area contributed by atoms with E-state index in [4.69, 9.17) is 4.74 Å². The fourth-order valence-corrected chi connectivity index (χ4v) is 2.04. The van der Waals surface area contributed by atoms with E-state index in [0.717, 1.165) is 23.4 Å². The second-order valence-electron chi connectivity index (χ2n) is 4.45. The largest absolute Gasteiger partial charge is 0.491 e. The fraction of sp³-hybridized carbons (Fsp3) is 0.571. The van der Waals surface area contributed by atoms with Gasteiger partial charge >= 0.3 is 0 Å². The predicted molar refractivity (Wildman–Crippen MR) is 68.4 cm³/mol. The first-order valence-corrected chi connectivity index (χ1v) is 6.44. The number of fused-ring (bicyclic) bond motifs is 2. The summed E-state index contributed by atoms with van der Waals surface area (Å²) < 4.78 is 5.73. The molecule has 0 radical (unpaired) electrons. The molecule has 0 atom stereocenters. The topological polar surface area (TPSA) is 25.0 Å². The monoisotopic (exact) mass is 219 g/mol. The number of benzene rings is 1. The van der Waals surface area contributed by atoms with Gasteiger partial charge in [0.25, 0.3) is 0 Å². The van der Waals surface area contributed by atoms with Gasteiger partial charge in [-0.2, -0.15) is 0 Å². The van der Waals surface area contributed by atoms with Crippen LogP contribution in [0.25, 0.3) is 11.0 Å². The molecular weight excluding hydrogens is 198 g/mol.